The second-order valence-corrected chi connectivity index (χ2v) is 7.96. The number of imide groups is 1. The molecule has 1 saturated heterocycles. The van der Waals surface area contributed by atoms with Crippen molar-refractivity contribution < 1.29 is 19.1 Å². The smallest absolute Gasteiger partial charge is 0.337 e. The van der Waals surface area contributed by atoms with Crippen LogP contribution >= 0.6 is 23.4 Å². The fourth-order valence-corrected chi connectivity index (χ4v) is 4.16. The summed E-state index contributed by atoms with van der Waals surface area (Å²) < 4.78 is 4.69. The van der Waals surface area contributed by atoms with Gasteiger partial charge in [-0.1, -0.05) is 29.4 Å². The minimum absolute atomic E-state index is 0.0711. The Kier molecular flexibility index (Phi) is 7.12. The van der Waals surface area contributed by atoms with Crippen LogP contribution in [-0.4, -0.2) is 41.9 Å². The molecule has 0 aliphatic carbocycles. The van der Waals surface area contributed by atoms with Crippen molar-refractivity contribution in [3.05, 3.63) is 59.1 Å². The molecule has 0 unspecified atom stereocenters. The molecule has 1 heterocycles. The van der Waals surface area contributed by atoms with E-state index >= 15 is 0 Å². The average Bonchev–Trinajstić information content (AvgIpc) is 3.01. The lowest BCUT2D eigenvalue weighted by Crippen LogP contribution is -2.31. The summed E-state index contributed by atoms with van der Waals surface area (Å²) in [4.78, 5) is 42.5. The zero-order valence-corrected chi connectivity index (χ0v) is 18.0. The van der Waals surface area contributed by atoms with E-state index in [0.29, 0.717) is 33.7 Å². The van der Waals surface area contributed by atoms with Gasteiger partial charge in [-0.25, -0.2) is 9.69 Å². The van der Waals surface area contributed by atoms with Crippen LogP contribution in [0.25, 0.3) is 0 Å². The van der Waals surface area contributed by atoms with E-state index in [2.05, 4.69) is 10.3 Å². The largest absolute Gasteiger partial charge is 0.465 e. The van der Waals surface area contributed by atoms with E-state index < -0.39 is 11.2 Å². The van der Waals surface area contributed by atoms with E-state index in [1.807, 2.05) is 6.92 Å². The van der Waals surface area contributed by atoms with Crippen molar-refractivity contribution in [1.82, 2.24) is 0 Å². The average molecular weight is 446 g/mol. The monoisotopic (exact) mass is 445 g/mol. The predicted molar refractivity (Wildman–Crippen MR) is 119 cm³/mol. The van der Waals surface area contributed by atoms with Gasteiger partial charge in [0.2, 0.25) is 11.8 Å². The molecule has 30 heavy (non-hydrogen) atoms. The molecule has 1 N–H and O–H groups in total. The molecule has 9 heteroatoms. The number of benzene rings is 2. The predicted octanol–water partition coefficient (Wildman–Crippen LogP) is 3.98. The van der Waals surface area contributed by atoms with Crippen molar-refractivity contribution in [1.29, 1.82) is 0 Å². The van der Waals surface area contributed by atoms with E-state index in [-0.39, 0.29) is 18.2 Å². The minimum Gasteiger partial charge on any atom is -0.465 e. The highest BCUT2D eigenvalue weighted by Crippen LogP contribution is 2.31. The lowest BCUT2D eigenvalue weighted by molar-refractivity contribution is -0.121. The van der Waals surface area contributed by atoms with E-state index in [4.69, 9.17) is 16.3 Å². The van der Waals surface area contributed by atoms with Crippen LogP contribution in [0.2, 0.25) is 5.02 Å². The first-order valence-corrected chi connectivity index (χ1v) is 10.5. The summed E-state index contributed by atoms with van der Waals surface area (Å²) >= 11 is 7.20. The third kappa shape index (κ3) is 5.01. The van der Waals surface area contributed by atoms with Crippen LogP contribution in [0.5, 0.6) is 0 Å². The first-order valence-electron chi connectivity index (χ1n) is 9.21. The van der Waals surface area contributed by atoms with Gasteiger partial charge in [0.15, 0.2) is 5.17 Å². The number of nitrogens with zero attached hydrogens (tertiary/aromatic N) is 2. The standard InChI is InChI=1S/C21H20ClN3O4S/c1-3-23-21(24-15-9-7-13(8-10-15)20(28)29-2)30-17-12-18(26)25(19(17)27)16-6-4-5-14(22)11-16/h4-11,17H,3,12H2,1-2H3,(H,23,24)/t17-/m1/s1. The molecule has 1 aliphatic heterocycles. The van der Waals surface area contributed by atoms with E-state index in [0.717, 1.165) is 4.90 Å². The Bertz CT molecular complexity index is 994. The zero-order valence-electron chi connectivity index (χ0n) is 16.4. The number of hydrogen-bond donors (Lipinski definition) is 1. The Morgan fingerprint density at radius 3 is 2.63 bits per heavy atom. The number of aliphatic imine (C=N–C) groups is 1. The van der Waals surface area contributed by atoms with Crippen molar-refractivity contribution in [2.24, 2.45) is 4.99 Å². The number of ether oxygens (including phenoxy) is 1. The summed E-state index contributed by atoms with van der Waals surface area (Å²) in [6, 6.07) is 13.4. The number of amides is 2. The highest BCUT2D eigenvalue weighted by atomic mass is 35.5. The molecule has 7 nitrogen and oxygen atoms in total. The Morgan fingerprint density at radius 2 is 2.00 bits per heavy atom. The van der Waals surface area contributed by atoms with Gasteiger partial charge in [0.05, 0.1) is 18.4 Å². The quantitative estimate of drug-likeness (QED) is 0.324. The summed E-state index contributed by atoms with van der Waals surface area (Å²) in [5.74, 6) is -1.01. The molecule has 2 aromatic carbocycles. The normalized spacial score (nSPS) is 16.7. The van der Waals surface area contributed by atoms with E-state index in [1.54, 1.807) is 48.5 Å². The van der Waals surface area contributed by atoms with Gasteiger partial charge < -0.3 is 10.1 Å². The maximum atomic E-state index is 12.9. The molecule has 0 bridgehead atoms. The van der Waals surface area contributed by atoms with Gasteiger partial charge in [0.25, 0.3) is 0 Å². The van der Waals surface area contributed by atoms with Crippen molar-refractivity contribution in [3.8, 4) is 0 Å². The maximum absolute atomic E-state index is 12.9. The number of thioether (sulfide) groups is 1. The van der Waals surface area contributed by atoms with Crippen LogP contribution < -0.4 is 10.2 Å². The maximum Gasteiger partial charge on any atom is 0.337 e. The van der Waals surface area contributed by atoms with E-state index in [9.17, 15) is 14.4 Å². The highest BCUT2D eigenvalue weighted by molar-refractivity contribution is 8.15. The van der Waals surface area contributed by atoms with Gasteiger partial charge in [0, 0.05) is 23.7 Å². The molecular weight excluding hydrogens is 426 g/mol. The van der Waals surface area contributed by atoms with Gasteiger partial charge in [-0.15, -0.1) is 0 Å². The lowest BCUT2D eigenvalue weighted by Gasteiger charge is -2.16. The van der Waals surface area contributed by atoms with Crippen LogP contribution in [0.4, 0.5) is 11.4 Å². The molecule has 156 valence electrons. The number of esters is 1. The lowest BCUT2D eigenvalue weighted by atomic mass is 10.2. The Balaban J connectivity index is 1.72. The van der Waals surface area contributed by atoms with Crippen molar-refractivity contribution in [2.75, 3.05) is 23.9 Å². The molecule has 1 fully saturated rings. The molecule has 2 aromatic rings. The zero-order chi connectivity index (χ0) is 21.7. The summed E-state index contributed by atoms with van der Waals surface area (Å²) in [5, 5.41) is 3.52. The molecule has 1 aliphatic rings. The number of carbonyl (C=O) groups is 3. The minimum atomic E-state index is -0.594. The van der Waals surface area contributed by atoms with Gasteiger partial charge in [-0.05, 0) is 49.4 Å². The van der Waals surface area contributed by atoms with Gasteiger partial charge >= 0.3 is 5.97 Å². The third-order valence-electron chi connectivity index (χ3n) is 4.28. The number of methoxy groups -OCH3 is 1. The Morgan fingerprint density at radius 1 is 1.27 bits per heavy atom. The molecule has 0 saturated carbocycles. The fraction of sp³-hybridized carbons (Fsp3) is 0.238. The fourth-order valence-electron chi connectivity index (χ4n) is 2.90. The number of carbonyl (C=O) groups excluding carboxylic acids is 3. The third-order valence-corrected chi connectivity index (χ3v) is 5.63. The SMILES string of the molecule is CCN=C(Nc1ccc(C(=O)OC)cc1)S[C@@H]1CC(=O)N(c2cccc(Cl)c2)C1=O. The molecule has 2 amide bonds. The van der Waals surface area contributed by atoms with Gasteiger partial charge in [-0.3, -0.25) is 14.6 Å². The van der Waals surface area contributed by atoms with Crippen LogP contribution in [0, 0.1) is 0 Å². The van der Waals surface area contributed by atoms with Gasteiger partial charge in [-0.2, -0.15) is 0 Å². The molecule has 0 spiro atoms. The second kappa shape index (κ2) is 9.77. The number of anilines is 2. The van der Waals surface area contributed by atoms with E-state index in [1.165, 1.54) is 18.9 Å². The summed E-state index contributed by atoms with van der Waals surface area (Å²) in [7, 11) is 1.32. The molecule has 1 atom stereocenters. The number of rotatable bonds is 5. The van der Waals surface area contributed by atoms with Crippen molar-refractivity contribution in [2.45, 2.75) is 18.6 Å². The number of amidine groups is 1. The highest BCUT2D eigenvalue weighted by Gasteiger charge is 2.40. The van der Waals surface area contributed by atoms with Crippen LogP contribution in [0.3, 0.4) is 0 Å². The van der Waals surface area contributed by atoms with Crippen LogP contribution in [0.15, 0.2) is 53.5 Å². The second-order valence-electron chi connectivity index (χ2n) is 6.33. The molecular formula is C21H20ClN3O4S. The Hall–Kier alpha value is -2.84. The number of halogens is 1. The molecule has 0 radical (unpaired) electrons. The molecule has 0 aromatic heterocycles. The Labute approximate surface area is 183 Å². The summed E-state index contributed by atoms with van der Waals surface area (Å²) in [6.07, 6.45) is 0.0711. The van der Waals surface area contributed by atoms with Crippen LogP contribution in [0.1, 0.15) is 23.7 Å². The van der Waals surface area contributed by atoms with Gasteiger partial charge in [0.1, 0.15) is 5.25 Å². The first-order chi connectivity index (χ1) is 14.4. The van der Waals surface area contributed by atoms with Crippen molar-refractivity contribution >= 4 is 57.7 Å². The summed E-state index contributed by atoms with van der Waals surface area (Å²) in [5.41, 5.74) is 1.59. The number of hydrogen-bond acceptors (Lipinski definition) is 6. The topological polar surface area (TPSA) is 88.1 Å². The number of nitrogens with one attached hydrogen (secondary N) is 1. The molecule has 3 rings (SSSR count). The van der Waals surface area contributed by atoms with Crippen molar-refractivity contribution in [3.63, 3.8) is 0 Å². The summed E-state index contributed by atoms with van der Waals surface area (Å²) in [6.45, 7) is 2.38. The first kappa shape index (κ1) is 21.9. The van der Waals surface area contributed by atoms with Crippen LogP contribution in [-0.2, 0) is 14.3 Å².